The van der Waals surface area contributed by atoms with Crippen molar-refractivity contribution in [2.45, 2.75) is 303 Å². The van der Waals surface area contributed by atoms with Crippen LogP contribution in [0.4, 0.5) is 0 Å². The molecule has 19 heteroatoms. The molecule has 3 N–H and O–H groups in total. The number of rotatable bonds is 68. The summed E-state index contributed by atoms with van der Waals surface area (Å²) in [5, 5.41) is 10.6. The summed E-state index contributed by atoms with van der Waals surface area (Å²) in [5.74, 6) is -2.27. The second kappa shape index (κ2) is 69.0. The van der Waals surface area contributed by atoms with Crippen LogP contribution in [0.2, 0.25) is 0 Å². The van der Waals surface area contributed by atoms with E-state index in [9.17, 15) is 43.2 Å². The average molecular weight is 1390 g/mol. The number of carbonyl (C=O) groups excluding carboxylic acids is 4. The summed E-state index contributed by atoms with van der Waals surface area (Å²) in [6.45, 7) is 4.49. The summed E-state index contributed by atoms with van der Waals surface area (Å²) < 4.78 is 68.2. The predicted molar refractivity (Wildman–Crippen MR) is 390 cm³/mol. The van der Waals surface area contributed by atoms with E-state index in [4.69, 9.17) is 37.0 Å². The third-order valence-electron chi connectivity index (χ3n) is 14.9. The Hall–Kier alpha value is -4.54. The molecule has 0 fully saturated rings. The van der Waals surface area contributed by atoms with Gasteiger partial charge in [-0.2, -0.15) is 0 Å². The molecule has 5 unspecified atom stereocenters. The minimum atomic E-state index is -4.98. The molecule has 17 nitrogen and oxygen atoms in total. The van der Waals surface area contributed by atoms with Gasteiger partial charge < -0.3 is 33.8 Å². The van der Waals surface area contributed by atoms with Gasteiger partial charge >= 0.3 is 39.5 Å². The van der Waals surface area contributed by atoms with Gasteiger partial charge in [0.15, 0.2) is 12.2 Å². The molecule has 0 aromatic rings. The van der Waals surface area contributed by atoms with Crippen molar-refractivity contribution < 1.29 is 80.2 Å². The number of aliphatic hydroxyl groups excluding tert-OH is 1. The lowest BCUT2D eigenvalue weighted by Gasteiger charge is -2.21. The highest BCUT2D eigenvalue weighted by atomic mass is 31.2. The highest BCUT2D eigenvalue weighted by Crippen LogP contribution is 2.45. The minimum absolute atomic E-state index is 0.0739. The number of ether oxygens (including phenoxy) is 4. The first kappa shape index (κ1) is 91.5. The Kier molecular flexibility index (Phi) is 65.7. The van der Waals surface area contributed by atoms with Gasteiger partial charge in [-0.1, -0.05) is 252 Å². The van der Waals surface area contributed by atoms with Crippen molar-refractivity contribution in [2.75, 3.05) is 39.6 Å². The number of aliphatic hydroxyl groups is 1. The lowest BCUT2D eigenvalue weighted by molar-refractivity contribution is -0.161. The molecule has 0 bridgehead atoms. The highest BCUT2D eigenvalue weighted by molar-refractivity contribution is 7.47. The average Bonchev–Trinajstić information content (AvgIpc) is 1.15. The molecule has 0 aromatic carbocycles. The van der Waals surface area contributed by atoms with Gasteiger partial charge in [-0.15, -0.1) is 0 Å². The Morgan fingerprint density at radius 3 is 0.906 bits per heavy atom. The van der Waals surface area contributed by atoms with Crippen LogP contribution in [-0.4, -0.2) is 96.7 Å². The number of allylic oxidation sites excluding steroid dienone is 20. The normalized spacial score (nSPS) is 14.7. The molecule has 0 aliphatic rings. The van der Waals surface area contributed by atoms with Crippen molar-refractivity contribution in [1.29, 1.82) is 0 Å². The molecule has 5 atom stereocenters. The van der Waals surface area contributed by atoms with Crippen LogP contribution in [0.3, 0.4) is 0 Å². The summed E-state index contributed by atoms with van der Waals surface area (Å²) >= 11 is 0. The largest absolute Gasteiger partial charge is 0.472 e. The quantitative estimate of drug-likeness (QED) is 0.0169. The number of hydrogen-bond acceptors (Lipinski definition) is 15. The molecule has 0 saturated heterocycles. The number of phosphoric acid groups is 2. The number of hydrogen-bond donors (Lipinski definition) is 3. The Morgan fingerprint density at radius 2 is 0.552 bits per heavy atom. The van der Waals surface area contributed by atoms with Crippen molar-refractivity contribution in [3.63, 3.8) is 0 Å². The first-order valence-corrected chi connectivity index (χ1v) is 39.8. The first-order chi connectivity index (χ1) is 46.7. The summed E-state index contributed by atoms with van der Waals surface area (Å²) in [4.78, 5) is 72.6. The lowest BCUT2D eigenvalue weighted by atomic mass is 10.1. The van der Waals surface area contributed by atoms with E-state index in [1.807, 2.05) is 0 Å². The molecular formula is C77H130O17P2. The van der Waals surface area contributed by atoms with Crippen LogP contribution in [0.5, 0.6) is 0 Å². The standard InChI is InChI=1S/C77H130O17P2/c1-5-9-13-17-21-25-29-31-33-34-35-36-38-40-44-46-50-54-58-62-75(80)88-68-73(94-77(82)64-60-56-52-48-42-28-24-20-16-12-8-4)70-92-96(85,86)90-66-71(78)65-89-95(83,84)91-69-72(93-76(81)63-59-55-51-47-41-27-23-19-15-11-7-3)67-87-74(79)61-57-53-49-45-43-39-37-32-30-26-22-18-14-10-6-2/h9-10,13-14,20-22,24-26,31-33,35-37,40,43-45,71-73,78H,5-8,11-12,15-19,23,27-30,34,38-39,41-42,46-70H2,1-4H3,(H,83,84)(H,85,86)/b13-9-,14-10-,24-20-,25-21-,26-22-,33-31-,36-35-,37-32-,44-40-,45-43-. The van der Waals surface area contributed by atoms with Gasteiger partial charge in [0, 0.05) is 25.7 Å². The van der Waals surface area contributed by atoms with Crippen LogP contribution < -0.4 is 0 Å². The zero-order valence-corrected chi connectivity index (χ0v) is 61.5. The van der Waals surface area contributed by atoms with Crippen molar-refractivity contribution in [3.05, 3.63) is 122 Å². The maximum Gasteiger partial charge on any atom is 0.472 e. The Labute approximate surface area is 581 Å². The van der Waals surface area contributed by atoms with Crippen molar-refractivity contribution in [1.82, 2.24) is 0 Å². The Bertz CT molecular complexity index is 2300. The molecule has 550 valence electrons. The molecule has 96 heavy (non-hydrogen) atoms. The number of carbonyl (C=O) groups is 4. The Balaban J connectivity index is 5.35. The van der Waals surface area contributed by atoms with E-state index < -0.39 is 97.5 Å². The third-order valence-corrected chi connectivity index (χ3v) is 16.8. The van der Waals surface area contributed by atoms with Crippen molar-refractivity contribution >= 4 is 39.5 Å². The van der Waals surface area contributed by atoms with Gasteiger partial charge in [0.25, 0.3) is 0 Å². The monoisotopic (exact) mass is 1390 g/mol. The van der Waals surface area contributed by atoms with Gasteiger partial charge in [-0.05, 0) is 128 Å². The second-order valence-corrected chi connectivity index (χ2v) is 27.0. The Morgan fingerprint density at radius 1 is 0.302 bits per heavy atom. The highest BCUT2D eigenvalue weighted by Gasteiger charge is 2.30. The number of esters is 4. The third kappa shape index (κ3) is 68.0. The molecule has 0 rings (SSSR count). The fraction of sp³-hybridized carbons (Fsp3) is 0.688. The zero-order chi connectivity index (χ0) is 70.4. The number of unbranched alkanes of at least 4 members (excludes halogenated alkanes) is 22. The van der Waals surface area contributed by atoms with Crippen LogP contribution in [-0.2, 0) is 65.4 Å². The van der Waals surface area contributed by atoms with Gasteiger partial charge in [-0.3, -0.25) is 37.3 Å². The van der Waals surface area contributed by atoms with Gasteiger partial charge in [0.1, 0.15) is 19.3 Å². The zero-order valence-electron chi connectivity index (χ0n) is 59.8. The van der Waals surface area contributed by atoms with E-state index >= 15 is 0 Å². The molecule has 0 aliphatic carbocycles. The van der Waals surface area contributed by atoms with Crippen LogP contribution in [0.15, 0.2) is 122 Å². The fourth-order valence-electron chi connectivity index (χ4n) is 9.33. The van der Waals surface area contributed by atoms with E-state index in [2.05, 4.69) is 149 Å². The molecule has 0 aliphatic heterocycles. The molecule has 0 heterocycles. The molecule has 0 spiro atoms. The van der Waals surface area contributed by atoms with Gasteiger partial charge in [0.05, 0.1) is 26.4 Å². The minimum Gasteiger partial charge on any atom is -0.462 e. The SMILES string of the molecule is CC/C=C\C/C=C\C/C=C\C/C=C\C/C=C\CCCCCC(=O)OCC(COP(=O)(O)OCC(O)COP(=O)(O)OCC(COC(=O)CCCC/C=C\C/C=C\C/C=C\C/C=C\CC)OC(=O)CCCCCCCCCCCCC)OC(=O)CCCCCCC/C=C\CCCC. The van der Waals surface area contributed by atoms with E-state index in [0.717, 1.165) is 154 Å². The van der Waals surface area contributed by atoms with Crippen LogP contribution in [0.1, 0.15) is 285 Å². The van der Waals surface area contributed by atoms with E-state index in [1.165, 1.54) is 51.4 Å². The van der Waals surface area contributed by atoms with Gasteiger partial charge in [-0.25, -0.2) is 9.13 Å². The summed E-state index contributed by atoms with van der Waals surface area (Å²) in [6, 6.07) is 0. The van der Waals surface area contributed by atoms with Crippen LogP contribution in [0, 0.1) is 0 Å². The van der Waals surface area contributed by atoms with Gasteiger partial charge in [0.2, 0.25) is 0 Å². The molecule has 0 amide bonds. The van der Waals surface area contributed by atoms with E-state index in [1.54, 1.807) is 0 Å². The summed E-state index contributed by atoms with van der Waals surface area (Å²) in [5.41, 5.74) is 0. The maximum absolute atomic E-state index is 13.0. The van der Waals surface area contributed by atoms with E-state index in [-0.39, 0.29) is 25.7 Å². The van der Waals surface area contributed by atoms with E-state index in [0.29, 0.717) is 25.7 Å². The molecular weight excluding hydrogens is 1260 g/mol. The smallest absolute Gasteiger partial charge is 0.462 e. The number of phosphoric ester groups is 2. The molecule has 0 radical (unpaired) electrons. The van der Waals surface area contributed by atoms with Crippen molar-refractivity contribution in [3.8, 4) is 0 Å². The lowest BCUT2D eigenvalue weighted by Crippen LogP contribution is -2.30. The summed E-state index contributed by atoms with van der Waals surface area (Å²) in [6.07, 6.45) is 73.6. The van der Waals surface area contributed by atoms with Crippen LogP contribution in [0.25, 0.3) is 0 Å². The van der Waals surface area contributed by atoms with Crippen LogP contribution >= 0.6 is 15.6 Å². The molecule has 0 aromatic heterocycles. The summed E-state index contributed by atoms with van der Waals surface area (Å²) in [7, 11) is -9.96. The predicted octanol–water partition coefficient (Wildman–Crippen LogP) is 20.8. The fourth-order valence-corrected chi connectivity index (χ4v) is 10.9. The second-order valence-electron chi connectivity index (χ2n) is 24.1. The van der Waals surface area contributed by atoms with Crippen molar-refractivity contribution in [2.24, 2.45) is 0 Å². The molecule has 0 saturated carbocycles. The topological polar surface area (TPSA) is 237 Å². The maximum atomic E-state index is 13.0. The first-order valence-electron chi connectivity index (χ1n) is 36.8.